The van der Waals surface area contributed by atoms with Crippen LogP contribution in [0.5, 0.6) is 0 Å². The van der Waals surface area contributed by atoms with Crippen LogP contribution >= 0.6 is 11.3 Å². The van der Waals surface area contributed by atoms with Crippen molar-refractivity contribution >= 4 is 23.2 Å². The molecule has 1 aromatic heterocycles. The van der Waals surface area contributed by atoms with E-state index < -0.39 is 0 Å². The van der Waals surface area contributed by atoms with Gasteiger partial charge in [-0.2, -0.15) is 0 Å². The Morgan fingerprint density at radius 3 is 2.36 bits per heavy atom. The Morgan fingerprint density at radius 1 is 1.00 bits per heavy atom. The first kappa shape index (κ1) is 19.9. The van der Waals surface area contributed by atoms with Gasteiger partial charge in [-0.3, -0.25) is 14.5 Å². The van der Waals surface area contributed by atoms with E-state index in [-0.39, 0.29) is 11.9 Å². The number of piperazine rings is 1. The number of thiophene rings is 1. The van der Waals surface area contributed by atoms with Crippen LogP contribution < -0.4 is 0 Å². The SMILES string of the molecule is CC1CCCCN1C(=O)C(C1CCCC1)N1CCN(C(=O)c2cccs2)CC1. The quantitative estimate of drug-likeness (QED) is 0.773. The van der Waals surface area contributed by atoms with Crippen LogP contribution in [0.25, 0.3) is 0 Å². The maximum atomic E-state index is 13.6. The lowest BCUT2D eigenvalue weighted by Gasteiger charge is -2.44. The van der Waals surface area contributed by atoms with Crippen molar-refractivity contribution in [1.29, 1.82) is 0 Å². The van der Waals surface area contributed by atoms with Crippen LogP contribution in [0.1, 0.15) is 61.5 Å². The van der Waals surface area contributed by atoms with Gasteiger partial charge in [0.2, 0.25) is 5.91 Å². The number of carbonyl (C=O) groups is 2. The van der Waals surface area contributed by atoms with E-state index in [0.29, 0.717) is 17.9 Å². The predicted octanol–water partition coefficient (Wildman–Crippen LogP) is 3.47. The van der Waals surface area contributed by atoms with Crippen molar-refractivity contribution in [3.8, 4) is 0 Å². The van der Waals surface area contributed by atoms with Crippen molar-refractivity contribution in [2.45, 2.75) is 64.0 Å². The summed E-state index contributed by atoms with van der Waals surface area (Å²) < 4.78 is 0. The zero-order valence-electron chi connectivity index (χ0n) is 17.0. The average molecular weight is 404 g/mol. The van der Waals surface area contributed by atoms with Gasteiger partial charge < -0.3 is 9.80 Å². The van der Waals surface area contributed by atoms with Gasteiger partial charge >= 0.3 is 0 Å². The molecule has 2 aliphatic heterocycles. The summed E-state index contributed by atoms with van der Waals surface area (Å²) >= 11 is 1.51. The van der Waals surface area contributed by atoms with Gasteiger partial charge in [0.15, 0.2) is 0 Å². The molecule has 2 unspecified atom stereocenters. The second kappa shape index (κ2) is 8.95. The summed E-state index contributed by atoms with van der Waals surface area (Å²) in [6.45, 7) is 6.20. The molecule has 28 heavy (non-hydrogen) atoms. The molecule has 3 heterocycles. The van der Waals surface area contributed by atoms with Crippen molar-refractivity contribution in [1.82, 2.24) is 14.7 Å². The highest BCUT2D eigenvalue weighted by atomic mass is 32.1. The molecule has 1 aromatic rings. The van der Waals surface area contributed by atoms with Crippen molar-refractivity contribution in [3.63, 3.8) is 0 Å². The molecule has 2 saturated heterocycles. The molecule has 5 nitrogen and oxygen atoms in total. The molecule has 3 fully saturated rings. The zero-order chi connectivity index (χ0) is 19.5. The molecule has 6 heteroatoms. The second-order valence-electron chi connectivity index (χ2n) is 8.67. The number of hydrogen-bond donors (Lipinski definition) is 0. The molecule has 0 spiro atoms. The van der Waals surface area contributed by atoms with Crippen LogP contribution in [0, 0.1) is 5.92 Å². The fraction of sp³-hybridized carbons (Fsp3) is 0.727. The number of amides is 2. The van der Waals surface area contributed by atoms with E-state index in [1.54, 1.807) is 0 Å². The molecular formula is C22H33N3O2S. The molecule has 0 N–H and O–H groups in total. The number of piperidine rings is 1. The van der Waals surface area contributed by atoms with Crippen LogP contribution in [0.2, 0.25) is 0 Å². The van der Waals surface area contributed by atoms with E-state index in [9.17, 15) is 9.59 Å². The monoisotopic (exact) mass is 403 g/mol. The van der Waals surface area contributed by atoms with Gasteiger partial charge in [-0.25, -0.2) is 0 Å². The van der Waals surface area contributed by atoms with Gasteiger partial charge in [-0.05, 0) is 56.4 Å². The topological polar surface area (TPSA) is 43.9 Å². The molecule has 1 saturated carbocycles. The smallest absolute Gasteiger partial charge is 0.264 e. The molecule has 4 rings (SSSR count). The van der Waals surface area contributed by atoms with E-state index >= 15 is 0 Å². The molecule has 154 valence electrons. The van der Waals surface area contributed by atoms with E-state index in [1.165, 1.54) is 43.4 Å². The summed E-state index contributed by atoms with van der Waals surface area (Å²) in [4.78, 5) is 33.6. The fourth-order valence-corrected chi connectivity index (χ4v) is 5.97. The van der Waals surface area contributed by atoms with Crippen molar-refractivity contribution in [2.75, 3.05) is 32.7 Å². The minimum absolute atomic E-state index is 0.0158. The van der Waals surface area contributed by atoms with Crippen LogP contribution in [0.15, 0.2) is 17.5 Å². The van der Waals surface area contributed by atoms with Gasteiger partial charge in [-0.1, -0.05) is 18.9 Å². The number of nitrogens with zero attached hydrogens (tertiary/aromatic N) is 3. The van der Waals surface area contributed by atoms with Crippen LogP contribution in [-0.4, -0.2) is 71.3 Å². The summed E-state index contributed by atoms with van der Waals surface area (Å²) in [5.74, 6) is 0.987. The Bertz CT molecular complexity index is 663. The highest BCUT2D eigenvalue weighted by Gasteiger charge is 2.40. The standard InChI is InChI=1S/C22H33N3O2S/c1-17-7-4-5-11-25(17)22(27)20(18-8-2-3-9-18)23-12-14-24(15-13-23)21(26)19-10-6-16-28-19/h6,10,16-18,20H,2-5,7-9,11-15H2,1H3. The Kier molecular flexibility index (Phi) is 6.36. The largest absolute Gasteiger partial charge is 0.339 e. The van der Waals surface area contributed by atoms with E-state index in [2.05, 4.69) is 16.7 Å². The molecule has 2 atom stereocenters. The summed E-state index contributed by atoms with van der Waals surface area (Å²) in [5.41, 5.74) is 0. The Morgan fingerprint density at radius 2 is 1.71 bits per heavy atom. The van der Waals surface area contributed by atoms with Crippen molar-refractivity contribution in [3.05, 3.63) is 22.4 Å². The number of carbonyl (C=O) groups excluding carboxylic acids is 2. The van der Waals surface area contributed by atoms with E-state index in [0.717, 1.165) is 50.4 Å². The normalized spacial score (nSPS) is 25.8. The van der Waals surface area contributed by atoms with Crippen molar-refractivity contribution < 1.29 is 9.59 Å². The lowest BCUT2D eigenvalue weighted by molar-refractivity contribution is -0.143. The summed E-state index contributed by atoms with van der Waals surface area (Å²) in [7, 11) is 0. The number of rotatable bonds is 4. The lowest BCUT2D eigenvalue weighted by atomic mass is 9.92. The van der Waals surface area contributed by atoms with Gasteiger partial charge in [0.25, 0.3) is 5.91 Å². The zero-order valence-corrected chi connectivity index (χ0v) is 17.8. The average Bonchev–Trinajstić information content (AvgIpc) is 3.43. The molecular weight excluding hydrogens is 370 g/mol. The van der Waals surface area contributed by atoms with Gasteiger partial charge in [0.1, 0.15) is 0 Å². The molecule has 0 radical (unpaired) electrons. The first-order chi connectivity index (χ1) is 13.6. The van der Waals surface area contributed by atoms with E-state index in [4.69, 9.17) is 0 Å². The third-order valence-corrected chi connectivity index (χ3v) is 7.77. The minimum atomic E-state index is 0.0158. The Balaban J connectivity index is 1.44. The summed E-state index contributed by atoms with van der Waals surface area (Å²) in [6.07, 6.45) is 8.35. The minimum Gasteiger partial charge on any atom is -0.339 e. The van der Waals surface area contributed by atoms with Crippen LogP contribution in [0.4, 0.5) is 0 Å². The molecule has 0 bridgehead atoms. The second-order valence-corrected chi connectivity index (χ2v) is 9.62. The highest BCUT2D eigenvalue weighted by molar-refractivity contribution is 7.12. The van der Waals surface area contributed by atoms with Crippen LogP contribution in [0.3, 0.4) is 0 Å². The lowest BCUT2D eigenvalue weighted by Crippen LogP contribution is -2.60. The summed E-state index contributed by atoms with van der Waals surface area (Å²) in [6, 6.07) is 4.22. The Hall–Kier alpha value is -1.40. The number of hydrogen-bond acceptors (Lipinski definition) is 4. The molecule has 1 aliphatic carbocycles. The third-order valence-electron chi connectivity index (χ3n) is 6.91. The summed E-state index contributed by atoms with van der Waals surface area (Å²) in [5, 5.41) is 1.96. The predicted molar refractivity (Wildman–Crippen MR) is 113 cm³/mol. The Labute approximate surface area is 172 Å². The number of likely N-dealkylation sites (tertiary alicyclic amines) is 1. The van der Waals surface area contributed by atoms with Gasteiger partial charge in [0.05, 0.1) is 10.9 Å². The molecule has 3 aliphatic rings. The molecule has 2 amide bonds. The third kappa shape index (κ3) is 4.13. The van der Waals surface area contributed by atoms with Crippen molar-refractivity contribution in [2.24, 2.45) is 5.92 Å². The maximum absolute atomic E-state index is 13.6. The highest BCUT2D eigenvalue weighted by Crippen LogP contribution is 2.33. The molecule has 0 aromatic carbocycles. The van der Waals surface area contributed by atoms with E-state index in [1.807, 2.05) is 22.4 Å². The van der Waals surface area contributed by atoms with Crippen LogP contribution in [-0.2, 0) is 4.79 Å². The first-order valence-electron chi connectivity index (χ1n) is 11.0. The van der Waals surface area contributed by atoms with Gasteiger partial charge in [0, 0.05) is 38.8 Å². The maximum Gasteiger partial charge on any atom is 0.264 e. The first-order valence-corrected chi connectivity index (χ1v) is 11.9. The van der Waals surface area contributed by atoms with Gasteiger partial charge in [-0.15, -0.1) is 11.3 Å². The fourth-order valence-electron chi connectivity index (χ4n) is 5.28.